The van der Waals surface area contributed by atoms with Gasteiger partial charge in [0.05, 0.1) is 13.2 Å². The molecule has 0 saturated carbocycles. The molecule has 7 heteroatoms. The fourth-order valence-electron chi connectivity index (χ4n) is 1.52. The Morgan fingerprint density at radius 3 is 3.12 bits per heavy atom. The molecule has 0 N–H and O–H groups in total. The Labute approximate surface area is 109 Å². The largest absolute Gasteiger partial charge is 0.466 e. The SMILES string of the molecule is [N-]=[N+]=NCCOC(=O)CCCCC1CCSS1. The summed E-state index contributed by atoms with van der Waals surface area (Å²) in [4.78, 5) is 13.8. The number of carbonyl (C=O) groups excluding carboxylic acids is 1. The molecular formula is C10H17N3O2S2. The highest BCUT2D eigenvalue weighted by molar-refractivity contribution is 8.77. The van der Waals surface area contributed by atoms with Crippen molar-refractivity contribution in [3.8, 4) is 0 Å². The molecule has 5 nitrogen and oxygen atoms in total. The lowest BCUT2D eigenvalue weighted by Gasteiger charge is -2.06. The van der Waals surface area contributed by atoms with Crippen molar-refractivity contribution < 1.29 is 9.53 Å². The smallest absolute Gasteiger partial charge is 0.305 e. The van der Waals surface area contributed by atoms with Crippen LogP contribution in [0, 0.1) is 0 Å². The molecule has 1 rings (SSSR count). The Bertz CT molecular complexity index is 277. The number of nitrogens with zero attached hydrogens (tertiary/aromatic N) is 3. The number of hydrogen-bond acceptors (Lipinski definition) is 5. The van der Waals surface area contributed by atoms with E-state index < -0.39 is 0 Å². The van der Waals surface area contributed by atoms with Crippen molar-refractivity contribution >= 4 is 27.6 Å². The lowest BCUT2D eigenvalue weighted by Crippen LogP contribution is -2.07. The first-order valence-corrected chi connectivity index (χ1v) is 8.16. The highest BCUT2D eigenvalue weighted by Crippen LogP contribution is 2.39. The summed E-state index contributed by atoms with van der Waals surface area (Å²) in [7, 11) is 3.92. The van der Waals surface area contributed by atoms with Crippen molar-refractivity contribution in [1.82, 2.24) is 0 Å². The highest BCUT2D eigenvalue weighted by Gasteiger charge is 2.15. The van der Waals surface area contributed by atoms with Crippen LogP contribution in [0.15, 0.2) is 5.11 Å². The zero-order valence-electron chi connectivity index (χ0n) is 9.71. The van der Waals surface area contributed by atoms with Crippen LogP contribution in [0.4, 0.5) is 0 Å². The molecule has 0 aliphatic carbocycles. The van der Waals surface area contributed by atoms with E-state index in [1.54, 1.807) is 0 Å². The van der Waals surface area contributed by atoms with Gasteiger partial charge in [0.25, 0.3) is 0 Å². The normalized spacial score (nSPS) is 18.7. The van der Waals surface area contributed by atoms with Gasteiger partial charge in [0, 0.05) is 22.3 Å². The first-order chi connectivity index (χ1) is 8.33. The molecule has 1 atom stereocenters. The van der Waals surface area contributed by atoms with Crippen molar-refractivity contribution in [2.75, 3.05) is 18.9 Å². The van der Waals surface area contributed by atoms with Crippen molar-refractivity contribution in [3.63, 3.8) is 0 Å². The predicted molar refractivity (Wildman–Crippen MR) is 71.9 cm³/mol. The minimum absolute atomic E-state index is 0.188. The summed E-state index contributed by atoms with van der Waals surface area (Å²) < 4.78 is 4.90. The molecule has 0 bridgehead atoms. The Kier molecular flexibility index (Phi) is 8.13. The van der Waals surface area contributed by atoms with Gasteiger partial charge < -0.3 is 4.74 Å². The number of ether oxygens (including phenoxy) is 1. The number of rotatable bonds is 8. The molecule has 1 saturated heterocycles. The standard InChI is InChI=1S/C10H17N3O2S2/c11-13-12-6-7-15-10(14)4-2-1-3-9-5-8-16-17-9/h9H,1-8H2. The number of esters is 1. The Morgan fingerprint density at radius 1 is 1.53 bits per heavy atom. The quantitative estimate of drug-likeness (QED) is 0.169. The van der Waals surface area contributed by atoms with Crippen LogP contribution in [0.5, 0.6) is 0 Å². The van der Waals surface area contributed by atoms with Crippen molar-refractivity contribution in [1.29, 1.82) is 0 Å². The number of azide groups is 1. The molecule has 0 aromatic carbocycles. The Hall–Kier alpha value is -0.520. The van der Waals surface area contributed by atoms with E-state index in [9.17, 15) is 4.79 Å². The van der Waals surface area contributed by atoms with Crippen LogP contribution < -0.4 is 0 Å². The van der Waals surface area contributed by atoms with Crippen LogP contribution in [0.2, 0.25) is 0 Å². The Morgan fingerprint density at radius 2 is 2.41 bits per heavy atom. The number of hydrogen-bond donors (Lipinski definition) is 0. The van der Waals surface area contributed by atoms with E-state index in [2.05, 4.69) is 10.0 Å². The van der Waals surface area contributed by atoms with E-state index in [0.29, 0.717) is 6.42 Å². The van der Waals surface area contributed by atoms with Crippen LogP contribution in [0.25, 0.3) is 10.4 Å². The monoisotopic (exact) mass is 275 g/mol. The van der Waals surface area contributed by atoms with Crippen LogP contribution in [0.3, 0.4) is 0 Å². The predicted octanol–water partition coefficient (Wildman–Crippen LogP) is 3.55. The fraction of sp³-hybridized carbons (Fsp3) is 0.900. The van der Waals surface area contributed by atoms with E-state index >= 15 is 0 Å². The Balaban J connectivity index is 1.90. The lowest BCUT2D eigenvalue weighted by atomic mass is 10.1. The van der Waals surface area contributed by atoms with E-state index in [-0.39, 0.29) is 19.1 Å². The maximum Gasteiger partial charge on any atom is 0.305 e. The molecule has 1 heterocycles. The molecule has 1 unspecified atom stereocenters. The summed E-state index contributed by atoms with van der Waals surface area (Å²) in [6.07, 6.45) is 4.95. The van der Waals surface area contributed by atoms with E-state index in [1.807, 2.05) is 21.6 Å². The van der Waals surface area contributed by atoms with Crippen LogP contribution in [0.1, 0.15) is 32.1 Å². The van der Waals surface area contributed by atoms with Crippen LogP contribution >= 0.6 is 21.6 Å². The summed E-state index contributed by atoms with van der Waals surface area (Å²) in [6.45, 7) is 0.413. The van der Waals surface area contributed by atoms with Gasteiger partial charge in [-0.05, 0) is 24.8 Å². The van der Waals surface area contributed by atoms with Crippen molar-refractivity contribution in [2.24, 2.45) is 5.11 Å². The van der Waals surface area contributed by atoms with Crippen LogP contribution in [-0.2, 0) is 9.53 Å². The van der Waals surface area contributed by atoms with Gasteiger partial charge >= 0.3 is 5.97 Å². The number of unbranched alkanes of at least 4 members (excludes halogenated alkanes) is 1. The second-order valence-corrected chi connectivity index (χ2v) is 6.54. The lowest BCUT2D eigenvalue weighted by molar-refractivity contribution is -0.143. The van der Waals surface area contributed by atoms with Gasteiger partial charge in [0.2, 0.25) is 0 Å². The zero-order chi connectivity index (χ0) is 12.3. The molecule has 0 radical (unpaired) electrons. The van der Waals surface area contributed by atoms with Gasteiger partial charge in [-0.15, -0.1) is 0 Å². The minimum atomic E-state index is -0.188. The van der Waals surface area contributed by atoms with Crippen molar-refractivity contribution in [3.05, 3.63) is 10.4 Å². The molecule has 1 fully saturated rings. The third-order valence-corrected chi connectivity index (χ3v) is 5.41. The molecule has 17 heavy (non-hydrogen) atoms. The van der Waals surface area contributed by atoms with Gasteiger partial charge in [-0.25, -0.2) is 0 Å². The molecular weight excluding hydrogens is 258 g/mol. The molecule has 1 aliphatic rings. The van der Waals surface area contributed by atoms with Gasteiger partial charge in [0.15, 0.2) is 0 Å². The first kappa shape index (κ1) is 14.5. The molecule has 96 valence electrons. The zero-order valence-corrected chi connectivity index (χ0v) is 11.3. The second kappa shape index (κ2) is 9.50. The first-order valence-electron chi connectivity index (χ1n) is 5.77. The highest BCUT2D eigenvalue weighted by atomic mass is 33.1. The third-order valence-electron chi connectivity index (χ3n) is 2.40. The molecule has 0 aromatic heterocycles. The molecule has 1 aliphatic heterocycles. The minimum Gasteiger partial charge on any atom is -0.466 e. The van der Waals surface area contributed by atoms with E-state index in [0.717, 1.165) is 18.1 Å². The second-order valence-electron chi connectivity index (χ2n) is 3.75. The van der Waals surface area contributed by atoms with Crippen molar-refractivity contribution in [2.45, 2.75) is 37.4 Å². The third kappa shape index (κ3) is 7.41. The average molecular weight is 275 g/mol. The summed E-state index contributed by atoms with van der Waals surface area (Å²) in [5.41, 5.74) is 8.02. The fourth-order valence-corrected chi connectivity index (χ4v) is 4.55. The van der Waals surface area contributed by atoms with Gasteiger partial charge in [-0.1, -0.05) is 33.1 Å². The summed E-state index contributed by atoms with van der Waals surface area (Å²) in [5, 5.41) is 4.07. The van der Waals surface area contributed by atoms with Gasteiger partial charge in [0.1, 0.15) is 0 Å². The van der Waals surface area contributed by atoms with E-state index in [1.165, 1.54) is 18.6 Å². The topological polar surface area (TPSA) is 75.1 Å². The number of carbonyl (C=O) groups is 1. The maximum absolute atomic E-state index is 11.2. The van der Waals surface area contributed by atoms with Crippen LogP contribution in [-0.4, -0.2) is 30.1 Å². The van der Waals surface area contributed by atoms with Gasteiger partial charge in [-0.2, -0.15) is 0 Å². The molecule has 0 spiro atoms. The summed E-state index contributed by atoms with van der Waals surface area (Å²) in [6, 6.07) is 0. The maximum atomic E-state index is 11.2. The molecule has 0 aromatic rings. The average Bonchev–Trinajstić information content (AvgIpc) is 2.83. The summed E-state index contributed by atoms with van der Waals surface area (Å²) >= 11 is 0. The summed E-state index contributed by atoms with van der Waals surface area (Å²) in [5.74, 6) is 1.07. The van der Waals surface area contributed by atoms with E-state index in [4.69, 9.17) is 10.3 Å². The molecule has 0 amide bonds. The van der Waals surface area contributed by atoms with Gasteiger partial charge in [-0.3, -0.25) is 4.79 Å².